The number of fused-ring (bicyclic) bond motifs is 4. The quantitative estimate of drug-likeness (QED) is 0.169. The number of nitrogens with zero attached hydrogens (tertiary/aromatic N) is 2. The second-order valence-corrected chi connectivity index (χ2v) is 16.4. The average Bonchev–Trinajstić information content (AvgIpc) is 3.05. The summed E-state index contributed by atoms with van der Waals surface area (Å²) in [4.78, 5) is 15.5. The second kappa shape index (κ2) is 14.9. The highest BCUT2D eigenvalue weighted by atomic mass is 35.5. The van der Waals surface area contributed by atoms with E-state index in [4.69, 9.17) is 36.2 Å². The van der Waals surface area contributed by atoms with Gasteiger partial charge < -0.3 is 13.9 Å². The van der Waals surface area contributed by atoms with Crippen LogP contribution in [0.1, 0.15) is 74.8 Å². The Morgan fingerprint density at radius 1 is 0.957 bits per heavy atom. The zero-order valence-electron chi connectivity index (χ0n) is 27.2. The van der Waals surface area contributed by atoms with Gasteiger partial charge in [0.05, 0.1) is 52.8 Å². The van der Waals surface area contributed by atoms with E-state index >= 15 is 0 Å². The fraction of sp³-hybridized carbons (Fsp3) is 0.541. The Morgan fingerprint density at radius 2 is 1.59 bits per heavy atom. The molecule has 3 heterocycles. The van der Waals surface area contributed by atoms with Gasteiger partial charge in [-0.05, 0) is 58.2 Å². The molecule has 1 amide bonds. The van der Waals surface area contributed by atoms with E-state index in [0.717, 1.165) is 23.3 Å². The summed E-state index contributed by atoms with van der Waals surface area (Å²) >= 11 is 12.8. The van der Waals surface area contributed by atoms with E-state index < -0.39 is 10.1 Å². The topological polar surface area (TPSA) is 77.5 Å². The number of likely N-dealkylation sites (N-methyl/N-ethyl adjacent to an activating group) is 1. The van der Waals surface area contributed by atoms with Gasteiger partial charge in [0.25, 0.3) is 0 Å². The van der Waals surface area contributed by atoms with Crippen molar-refractivity contribution in [2.24, 2.45) is 11.3 Å². The highest BCUT2D eigenvalue weighted by Crippen LogP contribution is 2.53. The molecular weight excluding hydrogens is 639 g/mol. The lowest BCUT2D eigenvalue weighted by molar-refractivity contribution is -0.946. The number of carbonyl (C=O) groups is 1. The Morgan fingerprint density at radius 3 is 2.24 bits per heavy atom. The van der Waals surface area contributed by atoms with Gasteiger partial charge in [0.1, 0.15) is 0 Å². The summed E-state index contributed by atoms with van der Waals surface area (Å²) in [5.41, 5.74) is 2.91. The number of piperidine rings is 3. The Kier molecular flexibility index (Phi) is 11.4. The third-order valence-electron chi connectivity index (χ3n) is 11.2. The van der Waals surface area contributed by atoms with Gasteiger partial charge in [0.2, 0.25) is 5.91 Å². The molecule has 1 atom stereocenters. The fourth-order valence-corrected chi connectivity index (χ4v) is 8.80. The maximum atomic E-state index is 13.5. The molecule has 3 aromatic carbocycles. The molecule has 0 radical (unpaired) electrons. The van der Waals surface area contributed by atoms with Gasteiger partial charge in [0, 0.05) is 51.4 Å². The molecule has 7 rings (SSSR count). The molecule has 1 aliphatic carbocycles. The predicted octanol–water partition coefficient (Wildman–Crippen LogP) is 8.06. The van der Waals surface area contributed by atoms with Crippen LogP contribution in [0.5, 0.6) is 0 Å². The van der Waals surface area contributed by atoms with E-state index in [2.05, 4.69) is 42.5 Å². The second-order valence-electron chi connectivity index (χ2n) is 14.1. The number of rotatable bonds is 9. The van der Waals surface area contributed by atoms with Crippen LogP contribution in [0.4, 0.5) is 0 Å². The lowest BCUT2D eigenvalue weighted by Gasteiger charge is -2.58. The number of quaternary nitrogens is 1. The molecule has 2 bridgehead atoms. The van der Waals surface area contributed by atoms with Gasteiger partial charge >= 0.3 is 0 Å². The molecule has 1 saturated carbocycles. The van der Waals surface area contributed by atoms with Gasteiger partial charge in [-0.1, -0.05) is 91.0 Å². The first-order valence-electron chi connectivity index (χ1n) is 16.8. The van der Waals surface area contributed by atoms with Crippen molar-refractivity contribution in [3.05, 3.63) is 81.8 Å². The molecule has 0 spiro atoms. The van der Waals surface area contributed by atoms with Crippen molar-refractivity contribution in [2.75, 3.05) is 46.0 Å². The van der Waals surface area contributed by atoms with Gasteiger partial charge in [-0.2, -0.15) is 0 Å². The molecule has 3 saturated heterocycles. The van der Waals surface area contributed by atoms with Crippen molar-refractivity contribution >= 4 is 50.0 Å². The molecule has 46 heavy (non-hydrogen) atoms. The highest BCUT2D eigenvalue weighted by Gasteiger charge is 2.52. The summed E-state index contributed by atoms with van der Waals surface area (Å²) in [6.45, 7) is 5.87. The number of hydrogen-bond donors (Lipinski definition) is 0. The Hall–Kier alpha value is -2.16. The molecule has 9 heteroatoms. The maximum absolute atomic E-state index is 13.5. The van der Waals surface area contributed by atoms with Gasteiger partial charge in [-0.15, -0.1) is 0 Å². The first kappa shape index (κ1) is 35.2. The SMILES string of the molecule is CN(CC(CC[N+]12CCC(C3CCCCC3)(CC1)CC2)c1ccc(Cl)c(Cl)c1)C(=O)Cc1cccc2ccccc12.CS(=O)(=O)[O-]. The number of halogens is 2. The van der Waals surface area contributed by atoms with E-state index in [1.165, 1.54) is 93.0 Å². The van der Waals surface area contributed by atoms with Crippen LogP contribution >= 0.6 is 23.2 Å². The molecule has 4 fully saturated rings. The zero-order valence-corrected chi connectivity index (χ0v) is 29.6. The zero-order chi connectivity index (χ0) is 33.0. The van der Waals surface area contributed by atoms with Crippen molar-refractivity contribution in [1.29, 1.82) is 0 Å². The third-order valence-corrected chi connectivity index (χ3v) is 12.0. The van der Waals surface area contributed by atoms with Crippen LogP contribution in [0.3, 0.4) is 0 Å². The first-order chi connectivity index (χ1) is 21.9. The van der Waals surface area contributed by atoms with Crippen molar-refractivity contribution in [2.45, 2.75) is 70.1 Å². The van der Waals surface area contributed by atoms with Crippen LogP contribution in [0.15, 0.2) is 60.7 Å². The maximum Gasteiger partial charge on any atom is 0.226 e. The molecule has 1 unspecified atom stereocenters. The predicted molar refractivity (Wildman–Crippen MR) is 187 cm³/mol. The fourth-order valence-electron chi connectivity index (χ4n) is 8.49. The van der Waals surface area contributed by atoms with Gasteiger partial charge in [-0.3, -0.25) is 4.79 Å². The standard InChI is InChI=1S/C36H45Cl2N2O.CH4O3S/c1-39(35(41)25-29-10-7-9-27-8-5-6-13-32(27)29)26-30(28-14-15-33(37)34(38)24-28)16-20-40-21-17-36(18-22-40,19-23-40)31-11-3-2-4-12-31;1-5(2,3)4/h5-10,13-15,24,30-31H,2-4,11-12,16-23,25-26H2,1H3;1H3,(H,2,3,4)/q+1;/p-1. The highest BCUT2D eigenvalue weighted by molar-refractivity contribution is 7.84. The first-order valence-corrected chi connectivity index (χ1v) is 19.4. The molecule has 3 aliphatic heterocycles. The van der Waals surface area contributed by atoms with E-state index in [9.17, 15) is 4.79 Å². The van der Waals surface area contributed by atoms with Crippen LogP contribution < -0.4 is 0 Å². The third kappa shape index (κ3) is 8.84. The Bertz CT molecular complexity index is 1580. The molecular formula is C37H48Cl2N2O4S. The van der Waals surface area contributed by atoms with Crippen molar-refractivity contribution in [3.63, 3.8) is 0 Å². The molecule has 4 aliphatic rings. The Balaban J connectivity index is 0.000000775. The largest absolute Gasteiger partial charge is 0.748 e. The monoisotopic (exact) mass is 686 g/mol. The molecule has 250 valence electrons. The van der Waals surface area contributed by atoms with Gasteiger partial charge in [-0.25, -0.2) is 8.42 Å². The minimum atomic E-state index is -3.92. The number of carbonyl (C=O) groups excluding carboxylic acids is 1. The summed E-state index contributed by atoms with van der Waals surface area (Å²) < 4.78 is 28.5. The summed E-state index contributed by atoms with van der Waals surface area (Å²) in [5.74, 6) is 1.36. The number of amides is 1. The smallest absolute Gasteiger partial charge is 0.226 e. The van der Waals surface area contributed by atoms with E-state index in [-0.39, 0.29) is 11.8 Å². The average molecular weight is 688 g/mol. The van der Waals surface area contributed by atoms with Crippen LogP contribution in [0.25, 0.3) is 10.8 Å². The van der Waals surface area contributed by atoms with Crippen LogP contribution in [-0.2, 0) is 21.3 Å². The molecule has 0 aromatic heterocycles. The van der Waals surface area contributed by atoms with E-state index in [1.807, 2.05) is 30.1 Å². The molecule has 6 nitrogen and oxygen atoms in total. The van der Waals surface area contributed by atoms with Crippen molar-refractivity contribution in [3.8, 4) is 0 Å². The van der Waals surface area contributed by atoms with Gasteiger partial charge in [0.15, 0.2) is 0 Å². The minimum Gasteiger partial charge on any atom is -0.748 e. The summed E-state index contributed by atoms with van der Waals surface area (Å²) in [5, 5.41) is 3.52. The Labute approximate surface area is 285 Å². The van der Waals surface area contributed by atoms with E-state index in [0.29, 0.717) is 34.7 Å². The van der Waals surface area contributed by atoms with Crippen LogP contribution in [0.2, 0.25) is 10.0 Å². The van der Waals surface area contributed by atoms with E-state index in [1.54, 1.807) is 0 Å². The number of benzene rings is 3. The van der Waals surface area contributed by atoms with Crippen LogP contribution in [0, 0.1) is 11.3 Å². The lowest BCUT2D eigenvalue weighted by atomic mass is 9.59. The lowest BCUT2D eigenvalue weighted by Crippen LogP contribution is -2.63. The van der Waals surface area contributed by atoms with Crippen molar-refractivity contribution in [1.82, 2.24) is 4.90 Å². The van der Waals surface area contributed by atoms with Crippen LogP contribution in [-0.4, -0.2) is 74.3 Å². The summed E-state index contributed by atoms with van der Waals surface area (Å²) in [6.07, 6.45) is 13.6. The molecule has 0 N–H and O–H groups in total. The summed E-state index contributed by atoms with van der Waals surface area (Å²) in [6, 6.07) is 20.6. The minimum absolute atomic E-state index is 0.159. The normalized spacial score (nSPS) is 23.8. The number of hydrogen-bond acceptors (Lipinski definition) is 4. The van der Waals surface area contributed by atoms with Crippen molar-refractivity contribution < 1.29 is 22.2 Å². The molecule has 3 aromatic rings. The summed E-state index contributed by atoms with van der Waals surface area (Å²) in [7, 11) is -1.95.